The van der Waals surface area contributed by atoms with E-state index in [9.17, 15) is 18.0 Å². The van der Waals surface area contributed by atoms with E-state index in [1.807, 2.05) is 0 Å². The standard InChI is InChI=1S/C12H8F3N3O2/c13-12(14,15)8-3-1-2-7(4-8)10-5-9(6-16-18-10)17-11(19)20/h1-6H,(H,17,18)(H,19,20). The van der Waals surface area contributed by atoms with Crippen molar-refractivity contribution in [3.63, 3.8) is 0 Å². The molecule has 0 unspecified atom stereocenters. The van der Waals surface area contributed by atoms with Crippen molar-refractivity contribution in [1.82, 2.24) is 10.2 Å². The van der Waals surface area contributed by atoms with Gasteiger partial charge in [-0.15, -0.1) is 0 Å². The van der Waals surface area contributed by atoms with Crippen LogP contribution in [-0.2, 0) is 6.18 Å². The number of alkyl halides is 3. The van der Waals surface area contributed by atoms with Crippen LogP contribution in [0.5, 0.6) is 0 Å². The number of carbonyl (C=O) groups is 1. The van der Waals surface area contributed by atoms with Crippen LogP contribution in [0.1, 0.15) is 5.56 Å². The Morgan fingerprint density at radius 1 is 1.25 bits per heavy atom. The first-order valence-corrected chi connectivity index (χ1v) is 5.36. The number of carboxylic acid groups (broad SMARTS) is 1. The minimum atomic E-state index is -4.46. The van der Waals surface area contributed by atoms with Gasteiger partial charge < -0.3 is 5.11 Å². The molecule has 1 amide bonds. The third-order valence-corrected chi connectivity index (χ3v) is 2.39. The summed E-state index contributed by atoms with van der Waals surface area (Å²) < 4.78 is 37.8. The van der Waals surface area contributed by atoms with Crippen LogP contribution >= 0.6 is 0 Å². The lowest BCUT2D eigenvalue weighted by molar-refractivity contribution is -0.137. The lowest BCUT2D eigenvalue weighted by Gasteiger charge is -2.08. The molecule has 1 heterocycles. The van der Waals surface area contributed by atoms with Crippen molar-refractivity contribution < 1.29 is 23.1 Å². The molecule has 0 atom stereocenters. The normalized spacial score (nSPS) is 11.2. The average Bonchev–Trinajstić information content (AvgIpc) is 2.37. The van der Waals surface area contributed by atoms with Gasteiger partial charge in [0.2, 0.25) is 0 Å². The van der Waals surface area contributed by atoms with Crippen molar-refractivity contribution >= 4 is 11.8 Å². The number of hydrogen-bond acceptors (Lipinski definition) is 3. The predicted octanol–water partition coefficient (Wildman–Crippen LogP) is 3.25. The van der Waals surface area contributed by atoms with Gasteiger partial charge in [0.1, 0.15) is 0 Å². The van der Waals surface area contributed by atoms with Crippen molar-refractivity contribution in [2.45, 2.75) is 6.18 Å². The summed E-state index contributed by atoms with van der Waals surface area (Å²) in [5.74, 6) is 0. The monoisotopic (exact) mass is 283 g/mol. The maximum atomic E-state index is 12.6. The Balaban J connectivity index is 2.39. The van der Waals surface area contributed by atoms with Gasteiger partial charge in [-0.05, 0) is 18.2 Å². The summed E-state index contributed by atoms with van der Waals surface area (Å²) in [6, 6.07) is 5.85. The number of amides is 1. The van der Waals surface area contributed by atoms with Gasteiger partial charge in [0.05, 0.1) is 23.1 Å². The number of aromatic nitrogens is 2. The third-order valence-electron chi connectivity index (χ3n) is 2.39. The van der Waals surface area contributed by atoms with E-state index in [-0.39, 0.29) is 16.9 Å². The molecule has 1 aromatic heterocycles. The van der Waals surface area contributed by atoms with Gasteiger partial charge in [-0.3, -0.25) is 5.32 Å². The van der Waals surface area contributed by atoms with Crippen LogP contribution in [0.3, 0.4) is 0 Å². The fourth-order valence-corrected chi connectivity index (χ4v) is 1.55. The number of rotatable bonds is 2. The Kier molecular flexibility index (Phi) is 3.55. The molecule has 2 N–H and O–H groups in total. The zero-order valence-corrected chi connectivity index (χ0v) is 9.85. The lowest BCUT2D eigenvalue weighted by Crippen LogP contribution is -2.08. The summed E-state index contributed by atoms with van der Waals surface area (Å²) in [5.41, 5.74) is -0.350. The summed E-state index contributed by atoms with van der Waals surface area (Å²) in [6.07, 6.45) is -4.60. The SMILES string of the molecule is O=C(O)Nc1cnnc(-c2cccc(C(F)(F)F)c2)c1. The van der Waals surface area contributed by atoms with E-state index in [0.717, 1.165) is 18.3 Å². The number of nitrogens with one attached hydrogen (secondary N) is 1. The molecule has 0 saturated carbocycles. The molecule has 0 bridgehead atoms. The van der Waals surface area contributed by atoms with Gasteiger partial charge in [-0.2, -0.15) is 23.4 Å². The Morgan fingerprint density at radius 2 is 2.00 bits per heavy atom. The number of anilines is 1. The smallest absolute Gasteiger partial charge is 0.416 e. The summed E-state index contributed by atoms with van der Waals surface area (Å²) in [5, 5.41) is 17.9. The van der Waals surface area contributed by atoms with Crippen LogP contribution in [0.25, 0.3) is 11.3 Å². The number of hydrogen-bond donors (Lipinski definition) is 2. The van der Waals surface area contributed by atoms with E-state index in [1.165, 1.54) is 18.2 Å². The van der Waals surface area contributed by atoms with Crippen molar-refractivity contribution in [3.8, 4) is 11.3 Å². The van der Waals surface area contributed by atoms with E-state index in [4.69, 9.17) is 5.11 Å². The third kappa shape index (κ3) is 3.22. The van der Waals surface area contributed by atoms with Crippen molar-refractivity contribution in [2.75, 3.05) is 5.32 Å². The second-order valence-electron chi connectivity index (χ2n) is 3.84. The van der Waals surface area contributed by atoms with Gasteiger partial charge in [-0.1, -0.05) is 12.1 Å². The predicted molar refractivity (Wildman–Crippen MR) is 64.1 cm³/mol. The van der Waals surface area contributed by atoms with Crippen LogP contribution in [-0.4, -0.2) is 21.4 Å². The minimum absolute atomic E-state index is 0.125. The van der Waals surface area contributed by atoms with E-state index in [0.29, 0.717) is 0 Å². The second-order valence-corrected chi connectivity index (χ2v) is 3.84. The largest absolute Gasteiger partial charge is 0.465 e. The molecule has 1 aromatic carbocycles. The molecular formula is C12H8F3N3O2. The first-order valence-electron chi connectivity index (χ1n) is 5.36. The fourth-order valence-electron chi connectivity index (χ4n) is 1.55. The molecule has 5 nitrogen and oxygen atoms in total. The Hall–Kier alpha value is -2.64. The summed E-state index contributed by atoms with van der Waals surface area (Å²) in [7, 11) is 0. The van der Waals surface area contributed by atoms with Crippen molar-refractivity contribution in [1.29, 1.82) is 0 Å². The van der Waals surface area contributed by atoms with Gasteiger partial charge in [0.25, 0.3) is 0 Å². The quantitative estimate of drug-likeness (QED) is 0.887. The first-order chi connectivity index (χ1) is 9.36. The van der Waals surface area contributed by atoms with E-state index in [1.54, 1.807) is 0 Å². The first kappa shape index (κ1) is 13.8. The molecule has 0 aliphatic rings. The minimum Gasteiger partial charge on any atom is -0.465 e. The summed E-state index contributed by atoms with van der Waals surface area (Å²) in [4.78, 5) is 10.5. The highest BCUT2D eigenvalue weighted by molar-refractivity contribution is 5.83. The molecule has 0 saturated heterocycles. The Bertz CT molecular complexity index is 644. The number of nitrogens with zero attached hydrogens (tertiary/aromatic N) is 2. The van der Waals surface area contributed by atoms with E-state index < -0.39 is 17.8 Å². The molecule has 20 heavy (non-hydrogen) atoms. The zero-order valence-electron chi connectivity index (χ0n) is 9.85. The van der Waals surface area contributed by atoms with Crippen LogP contribution < -0.4 is 5.32 Å². The highest BCUT2D eigenvalue weighted by atomic mass is 19.4. The molecule has 2 rings (SSSR count). The Labute approximate surface area is 111 Å². The zero-order chi connectivity index (χ0) is 14.8. The van der Waals surface area contributed by atoms with Gasteiger partial charge >= 0.3 is 12.3 Å². The molecule has 0 aliphatic carbocycles. The molecular weight excluding hydrogens is 275 g/mol. The average molecular weight is 283 g/mol. The molecule has 0 aliphatic heterocycles. The molecule has 0 fully saturated rings. The van der Waals surface area contributed by atoms with Gasteiger partial charge in [0, 0.05) is 5.56 Å². The summed E-state index contributed by atoms with van der Waals surface area (Å²) in [6.45, 7) is 0. The van der Waals surface area contributed by atoms with Crippen LogP contribution in [0, 0.1) is 0 Å². The van der Waals surface area contributed by atoms with Gasteiger partial charge in [0.15, 0.2) is 0 Å². The van der Waals surface area contributed by atoms with Crippen LogP contribution in [0.15, 0.2) is 36.5 Å². The van der Waals surface area contributed by atoms with E-state index in [2.05, 4.69) is 15.5 Å². The van der Waals surface area contributed by atoms with Crippen LogP contribution in [0.2, 0.25) is 0 Å². The Morgan fingerprint density at radius 3 is 2.65 bits per heavy atom. The fraction of sp³-hybridized carbons (Fsp3) is 0.0833. The topological polar surface area (TPSA) is 75.1 Å². The maximum absolute atomic E-state index is 12.6. The number of benzene rings is 1. The highest BCUT2D eigenvalue weighted by Crippen LogP contribution is 2.31. The lowest BCUT2D eigenvalue weighted by atomic mass is 10.1. The summed E-state index contributed by atoms with van der Waals surface area (Å²) >= 11 is 0. The van der Waals surface area contributed by atoms with Crippen LogP contribution in [0.4, 0.5) is 23.7 Å². The van der Waals surface area contributed by atoms with E-state index >= 15 is 0 Å². The highest BCUT2D eigenvalue weighted by Gasteiger charge is 2.30. The molecule has 0 radical (unpaired) electrons. The second kappa shape index (κ2) is 5.16. The molecule has 0 spiro atoms. The van der Waals surface area contributed by atoms with Crippen molar-refractivity contribution in [3.05, 3.63) is 42.1 Å². The maximum Gasteiger partial charge on any atom is 0.416 e. The molecule has 104 valence electrons. The number of halogens is 3. The molecule has 8 heteroatoms. The van der Waals surface area contributed by atoms with Crippen molar-refractivity contribution in [2.24, 2.45) is 0 Å². The van der Waals surface area contributed by atoms with Gasteiger partial charge in [-0.25, -0.2) is 4.79 Å². The molecule has 2 aromatic rings.